The number of hydrogen-bond acceptors (Lipinski definition) is 3. The molecule has 1 aromatic rings. The molecule has 0 spiro atoms. The standard InChI is InChI=1S/C14H20N2O2.ClH/c1-11-4-3-5-12(8-11)9-16(2)14(17)13-10-18-7-6-15-13;/h3-5,8,13,15H,6-7,9-10H2,1-2H3;1H. The van der Waals surface area contributed by atoms with Crippen molar-refractivity contribution in [2.45, 2.75) is 19.5 Å². The molecule has 1 N–H and O–H groups in total. The minimum absolute atomic E-state index is 0. The molecule has 0 bridgehead atoms. The first-order chi connectivity index (χ1) is 8.66. The van der Waals surface area contributed by atoms with Crippen molar-refractivity contribution in [3.8, 4) is 0 Å². The van der Waals surface area contributed by atoms with Crippen molar-refractivity contribution < 1.29 is 9.53 Å². The molecule has 1 aliphatic rings. The molecule has 106 valence electrons. The second-order valence-electron chi connectivity index (χ2n) is 4.76. The largest absolute Gasteiger partial charge is 0.378 e. The fourth-order valence-corrected chi connectivity index (χ4v) is 2.15. The maximum atomic E-state index is 12.2. The van der Waals surface area contributed by atoms with Crippen LogP contribution in [0.15, 0.2) is 24.3 Å². The first kappa shape index (κ1) is 16.0. The summed E-state index contributed by atoms with van der Waals surface area (Å²) in [6, 6.07) is 8.02. The summed E-state index contributed by atoms with van der Waals surface area (Å²) in [5.41, 5.74) is 2.37. The van der Waals surface area contributed by atoms with Crippen LogP contribution in [0.3, 0.4) is 0 Å². The highest BCUT2D eigenvalue weighted by Gasteiger charge is 2.24. The van der Waals surface area contributed by atoms with Crippen LogP contribution >= 0.6 is 12.4 Å². The number of amides is 1. The molecule has 1 atom stereocenters. The Morgan fingerprint density at radius 2 is 2.32 bits per heavy atom. The summed E-state index contributed by atoms with van der Waals surface area (Å²) >= 11 is 0. The first-order valence-electron chi connectivity index (χ1n) is 6.28. The van der Waals surface area contributed by atoms with Gasteiger partial charge in [-0.25, -0.2) is 0 Å². The van der Waals surface area contributed by atoms with Gasteiger partial charge >= 0.3 is 0 Å². The molecule has 1 amide bonds. The predicted molar refractivity (Wildman–Crippen MR) is 77.5 cm³/mol. The van der Waals surface area contributed by atoms with Crippen molar-refractivity contribution in [2.75, 3.05) is 26.8 Å². The van der Waals surface area contributed by atoms with E-state index in [2.05, 4.69) is 24.4 Å². The molecule has 1 aromatic carbocycles. The van der Waals surface area contributed by atoms with Gasteiger partial charge in [0.25, 0.3) is 0 Å². The summed E-state index contributed by atoms with van der Waals surface area (Å²) in [5, 5.41) is 3.18. The normalized spacial score (nSPS) is 18.5. The van der Waals surface area contributed by atoms with Crippen LogP contribution in [0.4, 0.5) is 0 Å². The molecule has 1 aliphatic heterocycles. The molecular formula is C14H21ClN2O2. The van der Waals surface area contributed by atoms with Gasteiger partial charge in [-0.05, 0) is 12.5 Å². The minimum atomic E-state index is -0.200. The number of carbonyl (C=O) groups is 1. The van der Waals surface area contributed by atoms with Crippen molar-refractivity contribution in [3.05, 3.63) is 35.4 Å². The predicted octanol–water partition coefficient (Wildman–Crippen LogP) is 1.36. The van der Waals surface area contributed by atoms with Crippen LogP contribution in [0.5, 0.6) is 0 Å². The molecule has 1 heterocycles. The number of hydrogen-bond donors (Lipinski definition) is 1. The van der Waals surface area contributed by atoms with Gasteiger partial charge in [0.1, 0.15) is 6.04 Å². The zero-order chi connectivity index (χ0) is 13.0. The Morgan fingerprint density at radius 3 is 2.95 bits per heavy atom. The van der Waals surface area contributed by atoms with Gasteiger partial charge in [0, 0.05) is 20.1 Å². The quantitative estimate of drug-likeness (QED) is 0.911. The highest BCUT2D eigenvalue weighted by atomic mass is 35.5. The Kier molecular flexibility index (Phi) is 6.28. The number of carbonyl (C=O) groups excluding carboxylic acids is 1. The molecule has 0 radical (unpaired) electrons. The lowest BCUT2D eigenvalue weighted by Gasteiger charge is -2.27. The van der Waals surface area contributed by atoms with E-state index in [4.69, 9.17) is 4.74 Å². The summed E-state index contributed by atoms with van der Waals surface area (Å²) < 4.78 is 5.31. The Balaban J connectivity index is 0.00000180. The van der Waals surface area contributed by atoms with E-state index in [1.54, 1.807) is 4.90 Å². The molecule has 0 aromatic heterocycles. The van der Waals surface area contributed by atoms with Crippen LogP contribution in [-0.4, -0.2) is 43.7 Å². The first-order valence-corrected chi connectivity index (χ1v) is 6.28. The third-order valence-corrected chi connectivity index (χ3v) is 3.10. The molecule has 1 unspecified atom stereocenters. The number of likely N-dealkylation sites (N-methyl/N-ethyl adjacent to an activating group) is 1. The van der Waals surface area contributed by atoms with Gasteiger partial charge in [-0.3, -0.25) is 4.79 Å². The Labute approximate surface area is 120 Å². The van der Waals surface area contributed by atoms with Crippen LogP contribution in [-0.2, 0) is 16.1 Å². The number of ether oxygens (including phenoxy) is 1. The monoisotopic (exact) mass is 284 g/mol. The summed E-state index contributed by atoms with van der Waals surface area (Å²) in [6.45, 7) is 4.59. The van der Waals surface area contributed by atoms with Gasteiger partial charge in [0.05, 0.1) is 13.2 Å². The van der Waals surface area contributed by atoms with Crippen LogP contribution in [0.1, 0.15) is 11.1 Å². The fourth-order valence-electron chi connectivity index (χ4n) is 2.15. The van der Waals surface area contributed by atoms with E-state index in [0.29, 0.717) is 19.8 Å². The van der Waals surface area contributed by atoms with Crippen molar-refractivity contribution in [1.29, 1.82) is 0 Å². The van der Waals surface area contributed by atoms with Crippen molar-refractivity contribution in [1.82, 2.24) is 10.2 Å². The maximum Gasteiger partial charge on any atom is 0.242 e. The lowest BCUT2D eigenvalue weighted by Crippen LogP contribution is -2.51. The van der Waals surface area contributed by atoms with Gasteiger partial charge in [-0.1, -0.05) is 29.8 Å². The van der Waals surface area contributed by atoms with Crippen molar-refractivity contribution >= 4 is 18.3 Å². The van der Waals surface area contributed by atoms with Crippen LogP contribution < -0.4 is 5.32 Å². The fraction of sp³-hybridized carbons (Fsp3) is 0.500. The molecule has 5 heteroatoms. The lowest BCUT2D eigenvalue weighted by molar-refractivity contribution is -0.135. The van der Waals surface area contributed by atoms with Gasteiger partial charge in [0.2, 0.25) is 5.91 Å². The molecule has 1 saturated heterocycles. The minimum Gasteiger partial charge on any atom is -0.378 e. The number of aryl methyl sites for hydroxylation is 1. The smallest absolute Gasteiger partial charge is 0.242 e. The number of nitrogens with zero attached hydrogens (tertiary/aromatic N) is 1. The Hall–Kier alpha value is -1.10. The number of rotatable bonds is 3. The average Bonchev–Trinajstić information content (AvgIpc) is 2.39. The number of nitrogens with one attached hydrogen (secondary N) is 1. The molecule has 4 nitrogen and oxygen atoms in total. The average molecular weight is 285 g/mol. The number of morpholine rings is 1. The zero-order valence-corrected chi connectivity index (χ0v) is 12.2. The molecule has 0 aliphatic carbocycles. The number of benzene rings is 1. The summed E-state index contributed by atoms with van der Waals surface area (Å²) in [4.78, 5) is 13.9. The topological polar surface area (TPSA) is 41.6 Å². The zero-order valence-electron chi connectivity index (χ0n) is 11.4. The SMILES string of the molecule is Cc1cccc(CN(C)C(=O)C2COCCN2)c1.Cl. The van der Waals surface area contributed by atoms with Crippen LogP contribution in [0, 0.1) is 6.92 Å². The van der Waals surface area contributed by atoms with Gasteiger partial charge < -0.3 is 15.0 Å². The molecular weight excluding hydrogens is 264 g/mol. The van der Waals surface area contributed by atoms with Gasteiger partial charge in [-0.15, -0.1) is 12.4 Å². The van der Waals surface area contributed by atoms with Gasteiger partial charge in [0.15, 0.2) is 0 Å². The summed E-state index contributed by atoms with van der Waals surface area (Å²) in [7, 11) is 1.83. The van der Waals surface area contributed by atoms with E-state index in [9.17, 15) is 4.79 Å². The highest BCUT2D eigenvalue weighted by molar-refractivity contribution is 5.85. The third-order valence-electron chi connectivity index (χ3n) is 3.10. The van der Waals surface area contributed by atoms with Gasteiger partial charge in [-0.2, -0.15) is 0 Å². The van der Waals surface area contributed by atoms with E-state index in [1.165, 1.54) is 5.56 Å². The third kappa shape index (κ3) is 4.49. The van der Waals surface area contributed by atoms with E-state index in [-0.39, 0.29) is 24.4 Å². The maximum absolute atomic E-state index is 12.2. The second-order valence-corrected chi connectivity index (χ2v) is 4.76. The van der Waals surface area contributed by atoms with E-state index < -0.39 is 0 Å². The lowest BCUT2D eigenvalue weighted by atomic mass is 10.1. The number of halogens is 1. The summed E-state index contributed by atoms with van der Waals surface area (Å²) in [5.74, 6) is 0.0937. The molecule has 0 saturated carbocycles. The second kappa shape index (κ2) is 7.48. The van der Waals surface area contributed by atoms with Crippen molar-refractivity contribution in [2.24, 2.45) is 0 Å². The highest BCUT2D eigenvalue weighted by Crippen LogP contribution is 2.08. The molecule has 19 heavy (non-hydrogen) atoms. The molecule has 1 fully saturated rings. The van der Waals surface area contributed by atoms with Crippen molar-refractivity contribution in [3.63, 3.8) is 0 Å². The van der Waals surface area contributed by atoms with E-state index in [0.717, 1.165) is 12.1 Å². The Morgan fingerprint density at radius 1 is 1.53 bits per heavy atom. The summed E-state index contributed by atoms with van der Waals surface area (Å²) in [6.07, 6.45) is 0. The van der Waals surface area contributed by atoms with E-state index >= 15 is 0 Å². The van der Waals surface area contributed by atoms with Crippen LogP contribution in [0.2, 0.25) is 0 Å². The van der Waals surface area contributed by atoms with E-state index in [1.807, 2.05) is 19.2 Å². The van der Waals surface area contributed by atoms with Crippen LogP contribution in [0.25, 0.3) is 0 Å². The molecule has 2 rings (SSSR count). The Bertz CT molecular complexity index is 420.